The predicted octanol–water partition coefficient (Wildman–Crippen LogP) is 1.85. The van der Waals surface area contributed by atoms with Crippen molar-refractivity contribution in [1.29, 1.82) is 0 Å². The molecule has 2 aromatic rings. The van der Waals surface area contributed by atoms with Gasteiger partial charge in [0.25, 0.3) is 5.56 Å². The van der Waals surface area contributed by atoms with Gasteiger partial charge in [-0.3, -0.25) is 4.79 Å². The molecule has 1 aromatic carbocycles. The molecule has 1 heterocycles. The Labute approximate surface area is 124 Å². The molecule has 0 fully saturated rings. The highest BCUT2D eigenvalue weighted by Crippen LogP contribution is 2.23. The maximum absolute atomic E-state index is 12.2. The minimum Gasteiger partial charge on any atom is -0.496 e. The van der Waals surface area contributed by atoms with Gasteiger partial charge >= 0.3 is 0 Å². The lowest BCUT2D eigenvalue weighted by atomic mass is 10.1. The van der Waals surface area contributed by atoms with Crippen LogP contribution in [0.3, 0.4) is 0 Å². The molecular formula is C17H20N2O2. The van der Waals surface area contributed by atoms with E-state index in [2.05, 4.69) is 0 Å². The molecule has 3 rings (SSSR count). The van der Waals surface area contributed by atoms with E-state index in [-0.39, 0.29) is 5.56 Å². The van der Waals surface area contributed by atoms with Crippen LogP contribution in [0.25, 0.3) is 0 Å². The summed E-state index contributed by atoms with van der Waals surface area (Å²) in [7, 11) is 1.64. The maximum Gasteiger partial charge on any atom is 0.251 e. The lowest BCUT2D eigenvalue weighted by Crippen LogP contribution is -2.23. The van der Waals surface area contributed by atoms with Crippen LogP contribution in [0.1, 0.15) is 28.8 Å². The summed E-state index contributed by atoms with van der Waals surface area (Å²) in [4.78, 5) is 12.2. The second-order valence-electron chi connectivity index (χ2n) is 5.43. The number of pyridine rings is 1. The minimum atomic E-state index is 0.0702. The first-order chi connectivity index (χ1) is 10.2. The maximum atomic E-state index is 12.2. The molecule has 0 saturated carbocycles. The Bertz CT molecular complexity index is 719. The van der Waals surface area contributed by atoms with Crippen LogP contribution < -0.4 is 16.0 Å². The third kappa shape index (κ3) is 2.59. The molecule has 0 aliphatic heterocycles. The smallest absolute Gasteiger partial charge is 0.251 e. The first kappa shape index (κ1) is 13.9. The van der Waals surface area contributed by atoms with E-state index in [0.29, 0.717) is 13.1 Å². The molecular weight excluding hydrogens is 264 g/mol. The van der Waals surface area contributed by atoms with Gasteiger partial charge in [-0.1, -0.05) is 12.1 Å². The molecule has 0 unspecified atom stereocenters. The number of fused-ring (bicyclic) bond motifs is 1. The van der Waals surface area contributed by atoms with Gasteiger partial charge in [0, 0.05) is 23.9 Å². The normalized spacial score (nSPS) is 13.2. The summed E-state index contributed by atoms with van der Waals surface area (Å²) in [5, 5.41) is 0. The van der Waals surface area contributed by atoms with Crippen molar-refractivity contribution in [3.8, 4) is 5.75 Å². The van der Waals surface area contributed by atoms with E-state index < -0.39 is 0 Å². The number of rotatable bonds is 4. The number of benzene rings is 1. The van der Waals surface area contributed by atoms with E-state index in [1.807, 2.05) is 28.8 Å². The van der Waals surface area contributed by atoms with Gasteiger partial charge < -0.3 is 15.0 Å². The number of nitrogens with zero attached hydrogens (tertiary/aromatic N) is 1. The van der Waals surface area contributed by atoms with Gasteiger partial charge in [0.1, 0.15) is 5.75 Å². The number of hydrogen-bond acceptors (Lipinski definition) is 3. The van der Waals surface area contributed by atoms with Crippen molar-refractivity contribution in [2.45, 2.75) is 32.4 Å². The molecule has 0 amide bonds. The summed E-state index contributed by atoms with van der Waals surface area (Å²) >= 11 is 0. The highest BCUT2D eigenvalue weighted by molar-refractivity contribution is 5.37. The standard InChI is InChI=1S/C17H20N2O2/c1-21-16-7-5-12(9-14(16)10-18)11-19-15-4-2-3-13(15)6-8-17(19)20/h5-9H,2-4,10-11,18H2,1H3. The van der Waals surface area contributed by atoms with Crippen LogP contribution in [0.15, 0.2) is 35.1 Å². The molecule has 0 bridgehead atoms. The largest absolute Gasteiger partial charge is 0.496 e. The summed E-state index contributed by atoms with van der Waals surface area (Å²) in [6, 6.07) is 9.60. The third-order valence-corrected chi connectivity index (χ3v) is 4.15. The van der Waals surface area contributed by atoms with Gasteiger partial charge in [0.15, 0.2) is 0 Å². The quantitative estimate of drug-likeness (QED) is 0.932. The summed E-state index contributed by atoms with van der Waals surface area (Å²) in [5.74, 6) is 0.798. The van der Waals surface area contributed by atoms with Crippen molar-refractivity contribution in [2.75, 3.05) is 7.11 Å². The Morgan fingerprint density at radius 2 is 2.10 bits per heavy atom. The number of aryl methyl sites for hydroxylation is 1. The van der Waals surface area contributed by atoms with Gasteiger partial charge in [0.2, 0.25) is 0 Å². The molecule has 110 valence electrons. The van der Waals surface area contributed by atoms with Crippen LogP contribution in [0.4, 0.5) is 0 Å². The van der Waals surface area contributed by atoms with Crippen molar-refractivity contribution >= 4 is 0 Å². The highest BCUT2D eigenvalue weighted by atomic mass is 16.5. The van der Waals surface area contributed by atoms with E-state index in [1.54, 1.807) is 13.2 Å². The Balaban J connectivity index is 1.98. The molecule has 2 N–H and O–H groups in total. The van der Waals surface area contributed by atoms with Crippen molar-refractivity contribution in [3.05, 3.63) is 63.1 Å². The molecule has 21 heavy (non-hydrogen) atoms. The first-order valence-electron chi connectivity index (χ1n) is 7.30. The molecule has 4 heteroatoms. The van der Waals surface area contributed by atoms with E-state index in [4.69, 9.17) is 10.5 Å². The van der Waals surface area contributed by atoms with Crippen LogP contribution >= 0.6 is 0 Å². The monoisotopic (exact) mass is 284 g/mol. The lowest BCUT2D eigenvalue weighted by Gasteiger charge is -2.14. The van der Waals surface area contributed by atoms with Gasteiger partial charge in [-0.2, -0.15) is 0 Å². The van der Waals surface area contributed by atoms with Crippen LogP contribution in [-0.4, -0.2) is 11.7 Å². The highest BCUT2D eigenvalue weighted by Gasteiger charge is 2.16. The van der Waals surface area contributed by atoms with Crippen molar-refractivity contribution in [1.82, 2.24) is 4.57 Å². The summed E-state index contributed by atoms with van der Waals surface area (Å²) < 4.78 is 7.18. The van der Waals surface area contributed by atoms with Crippen molar-refractivity contribution in [3.63, 3.8) is 0 Å². The zero-order valence-electron chi connectivity index (χ0n) is 12.3. The van der Waals surface area contributed by atoms with E-state index in [0.717, 1.165) is 36.1 Å². The van der Waals surface area contributed by atoms with Gasteiger partial charge in [0.05, 0.1) is 13.7 Å². The summed E-state index contributed by atoms with van der Waals surface area (Å²) in [6.07, 6.45) is 3.20. The molecule has 1 aliphatic rings. The lowest BCUT2D eigenvalue weighted by molar-refractivity contribution is 0.409. The topological polar surface area (TPSA) is 57.2 Å². The molecule has 0 spiro atoms. The Hall–Kier alpha value is -2.07. The average molecular weight is 284 g/mol. The molecule has 0 atom stereocenters. The Kier molecular flexibility index (Phi) is 3.80. The number of nitrogens with two attached hydrogens (primary N) is 1. The van der Waals surface area contributed by atoms with Gasteiger partial charge in [-0.15, -0.1) is 0 Å². The summed E-state index contributed by atoms with van der Waals surface area (Å²) in [6.45, 7) is 1.03. The SMILES string of the molecule is COc1ccc(Cn2c3c(ccc2=O)CCC3)cc1CN. The average Bonchev–Trinajstić information content (AvgIpc) is 2.98. The number of methoxy groups -OCH3 is 1. The van der Waals surface area contributed by atoms with Crippen LogP contribution in [-0.2, 0) is 25.9 Å². The first-order valence-corrected chi connectivity index (χ1v) is 7.30. The zero-order chi connectivity index (χ0) is 14.8. The molecule has 1 aliphatic carbocycles. The molecule has 1 aromatic heterocycles. The van der Waals surface area contributed by atoms with E-state index in [1.165, 1.54) is 11.3 Å². The third-order valence-electron chi connectivity index (χ3n) is 4.15. The second kappa shape index (κ2) is 5.74. The molecule has 4 nitrogen and oxygen atoms in total. The second-order valence-corrected chi connectivity index (χ2v) is 5.43. The Morgan fingerprint density at radius 1 is 1.24 bits per heavy atom. The predicted molar refractivity (Wildman–Crippen MR) is 82.7 cm³/mol. The minimum absolute atomic E-state index is 0.0702. The van der Waals surface area contributed by atoms with Gasteiger partial charge in [-0.05, 0) is 42.5 Å². The van der Waals surface area contributed by atoms with Crippen molar-refractivity contribution in [2.24, 2.45) is 5.73 Å². The fourth-order valence-electron chi connectivity index (χ4n) is 3.08. The van der Waals surface area contributed by atoms with Crippen LogP contribution in [0.2, 0.25) is 0 Å². The van der Waals surface area contributed by atoms with Crippen molar-refractivity contribution < 1.29 is 4.74 Å². The summed E-state index contributed by atoms with van der Waals surface area (Å²) in [5.41, 5.74) is 10.4. The number of ether oxygens (including phenoxy) is 1. The van der Waals surface area contributed by atoms with E-state index in [9.17, 15) is 4.79 Å². The van der Waals surface area contributed by atoms with E-state index >= 15 is 0 Å². The van der Waals surface area contributed by atoms with Crippen LogP contribution in [0.5, 0.6) is 5.75 Å². The number of aromatic nitrogens is 1. The fraction of sp³-hybridized carbons (Fsp3) is 0.353. The Morgan fingerprint density at radius 3 is 2.86 bits per heavy atom. The van der Waals surface area contributed by atoms with Crippen LogP contribution in [0, 0.1) is 0 Å². The number of hydrogen-bond donors (Lipinski definition) is 1. The molecule has 0 radical (unpaired) electrons. The zero-order valence-corrected chi connectivity index (χ0v) is 12.3. The molecule has 0 saturated heterocycles. The fourth-order valence-corrected chi connectivity index (χ4v) is 3.08. The van der Waals surface area contributed by atoms with Gasteiger partial charge in [-0.25, -0.2) is 0 Å².